The number of anilines is 3. The first-order valence-corrected chi connectivity index (χ1v) is 11.4. The largest absolute Gasteiger partial charge is 0.573 e. The van der Waals surface area contributed by atoms with Gasteiger partial charge in [-0.2, -0.15) is 4.98 Å². The number of methoxy groups -OCH3 is 1. The Kier molecular flexibility index (Phi) is 7.79. The monoisotopic (exact) mass is 497 g/mol. The van der Waals surface area contributed by atoms with Crippen molar-refractivity contribution in [3.63, 3.8) is 0 Å². The van der Waals surface area contributed by atoms with Gasteiger partial charge in [0.15, 0.2) is 0 Å². The van der Waals surface area contributed by atoms with Crippen LogP contribution >= 0.6 is 0 Å². The summed E-state index contributed by atoms with van der Waals surface area (Å²) < 4.78 is 72.6. The fraction of sp³-hybridized carbons (Fsp3) is 0.238. The molecule has 0 aliphatic rings. The summed E-state index contributed by atoms with van der Waals surface area (Å²) in [6.45, 7) is 1.95. The van der Waals surface area contributed by atoms with E-state index in [2.05, 4.69) is 30.1 Å². The van der Waals surface area contributed by atoms with Crippen LogP contribution in [0.5, 0.6) is 11.5 Å². The number of nitrogens with one attached hydrogen (secondary N) is 3. The molecule has 0 atom stereocenters. The van der Waals surface area contributed by atoms with Gasteiger partial charge < -0.3 is 20.1 Å². The van der Waals surface area contributed by atoms with Crippen LogP contribution in [0, 0.1) is 6.92 Å². The number of halogens is 3. The Hall–Kier alpha value is -3.58. The van der Waals surface area contributed by atoms with E-state index >= 15 is 0 Å². The molecule has 3 rings (SSSR count). The molecule has 0 aliphatic heterocycles. The maximum absolute atomic E-state index is 12.3. The molecule has 34 heavy (non-hydrogen) atoms. The summed E-state index contributed by atoms with van der Waals surface area (Å²) in [6.07, 6.45) is -4.85. The topological polar surface area (TPSA) is 114 Å². The fourth-order valence-electron chi connectivity index (χ4n) is 2.80. The number of hydrogen-bond donors (Lipinski definition) is 3. The van der Waals surface area contributed by atoms with Gasteiger partial charge in [-0.25, -0.2) is 18.1 Å². The van der Waals surface area contributed by atoms with Crippen LogP contribution in [0.4, 0.5) is 30.6 Å². The van der Waals surface area contributed by atoms with Gasteiger partial charge in [-0.05, 0) is 55.5 Å². The van der Waals surface area contributed by atoms with E-state index in [4.69, 9.17) is 4.74 Å². The average Bonchev–Trinajstić information content (AvgIpc) is 2.76. The van der Waals surface area contributed by atoms with Crippen molar-refractivity contribution in [3.8, 4) is 11.5 Å². The fourth-order valence-corrected chi connectivity index (χ4v) is 3.83. The van der Waals surface area contributed by atoms with E-state index in [1.807, 2.05) is 12.1 Å². The van der Waals surface area contributed by atoms with E-state index in [9.17, 15) is 21.6 Å². The zero-order valence-electron chi connectivity index (χ0n) is 18.2. The number of hydrogen-bond acceptors (Lipinski definition) is 8. The SMILES string of the molecule is COc1ccc(Nc2cc(C)nc(NCCNS(=O)(=O)c3ccc(OC(F)(F)F)cc3)n2)cc1. The molecule has 0 fully saturated rings. The maximum Gasteiger partial charge on any atom is 0.573 e. The van der Waals surface area contributed by atoms with E-state index in [-0.39, 0.29) is 18.0 Å². The van der Waals surface area contributed by atoms with Crippen molar-refractivity contribution in [2.24, 2.45) is 0 Å². The number of sulfonamides is 1. The Bertz CT molecular complexity index is 1200. The van der Waals surface area contributed by atoms with Crippen molar-refractivity contribution in [1.29, 1.82) is 0 Å². The molecule has 0 aliphatic carbocycles. The summed E-state index contributed by atoms with van der Waals surface area (Å²) in [7, 11) is -2.35. The minimum Gasteiger partial charge on any atom is -0.497 e. The zero-order chi connectivity index (χ0) is 24.8. The molecular formula is C21H22F3N5O4S. The van der Waals surface area contributed by atoms with Gasteiger partial charge in [-0.3, -0.25) is 0 Å². The Balaban J connectivity index is 1.54. The van der Waals surface area contributed by atoms with Gasteiger partial charge in [0, 0.05) is 30.5 Å². The lowest BCUT2D eigenvalue weighted by Crippen LogP contribution is -2.29. The highest BCUT2D eigenvalue weighted by molar-refractivity contribution is 7.89. The molecule has 13 heteroatoms. The molecule has 0 bridgehead atoms. The summed E-state index contributed by atoms with van der Waals surface area (Å²) in [5, 5.41) is 6.09. The highest BCUT2D eigenvalue weighted by atomic mass is 32.2. The predicted octanol–water partition coefficient (Wildman–Crippen LogP) is 3.83. The smallest absolute Gasteiger partial charge is 0.497 e. The molecule has 0 unspecified atom stereocenters. The first kappa shape index (κ1) is 25.1. The van der Waals surface area contributed by atoms with Crippen molar-refractivity contribution >= 4 is 27.5 Å². The number of ether oxygens (including phenoxy) is 2. The molecular weight excluding hydrogens is 475 g/mol. The van der Waals surface area contributed by atoms with Crippen LogP contribution < -0.4 is 24.8 Å². The average molecular weight is 497 g/mol. The molecule has 3 N–H and O–H groups in total. The normalized spacial score (nSPS) is 11.7. The number of benzene rings is 2. The molecule has 2 aromatic carbocycles. The van der Waals surface area contributed by atoms with Crippen LogP contribution in [0.3, 0.4) is 0 Å². The standard InChI is InChI=1S/C21H22F3N5O4S/c1-14-13-19(28-15-3-5-16(32-2)6-4-15)29-20(27-14)25-11-12-26-34(30,31)18-9-7-17(8-10-18)33-21(22,23)24/h3-10,13,26H,11-12H2,1-2H3,(H2,25,27,28,29). The summed E-state index contributed by atoms with van der Waals surface area (Å²) in [5.41, 5.74) is 1.49. The van der Waals surface area contributed by atoms with Crippen molar-refractivity contribution in [2.75, 3.05) is 30.8 Å². The third kappa shape index (κ3) is 7.49. The Labute approximate surface area is 194 Å². The third-order valence-corrected chi connectivity index (χ3v) is 5.76. The van der Waals surface area contributed by atoms with Crippen LogP contribution in [-0.2, 0) is 10.0 Å². The highest BCUT2D eigenvalue weighted by Gasteiger charge is 2.31. The van der Waals surface area contributed by atoms with Gasteiger partial charge in [0.2, 0.25) is 16.0 Å². The van der Waals surface area contributed by atoms with Crippen molar-refractivity contribution in [1.82, 2.24) is 14.7 Å². The lowest BCUT2D eigenvalue weighted by atomic mass is 10.3. The van der Waals surface area contributed by atoms with Crippen LogP contribution in [-0.4, -0.2) is 44.9 Å². The molecule has 1 heterocycles. The molecule has 9 nitrogen and oxygen atoms in total. The molecule has 0 radical (unpaired) electrons. The van der Waals surface area contributed by atoms with Crippen molar-refractivity contribution in [2.45, 2.75) is 18.2 Å². The van der Waals surface area contributed by atoms with E-state index in [0.717, 1.165) is 35.7 Å². The summed E-state index contributed by atoms with van der Waals surface area (Å²) in [5.74, 6) is 1.05. The number of aromatic nitrogens is 2. The molecule has 0 saturated carbocycles. The van der Waals surface area contributed by atoms with Crippen LogP contribution in [0.2, 0.25) is 0 Å². The maximum atomic E-state index is 12.3. The van der Waals surface area contributed by atoms with E-state index in [1.165, 1.54) is 0 Å². The van der Waals surface area contributed by atoms with Gasteiger partial charge in [-0.1, -0.05) is 0 Å². The van der Waals surface area contributed by atoms with Crippen LogP contribution in [0.1, 0.15) is 5.69 Å². The summed E-state index contributed by atoms with van der Waals surface area (Å²) in [6, 6.07) is 12.9. The number of nitrogens with zero attached hydrogens (tertiary/aromatic N) is 2. The quantitative estimate of drug-likeness (QED) is 0.362. The number of rotatable bonds is 10. The zero-order valence-corrected chi connectivity index (χ0v) is 19.0. The summed E-state index contributed by atoms with van der Waals surface area (Å²) in [4.78, 5) is 8.43. The van der Waals surface area contributed by atoms with Gasteiger partial charge in [0.05, 0.1) is 12.0 Å². The molecule has 182 valence electrons. The number of alkyl halides is 3. The van der Waals surface area contributed by atoms with Gasteiger partial charge in [0.25, 0.3) is 0 Å². The highest BCUT2D eigenvalue weighted by Crippen LogP contribution is 2.24. The molecule has 1 aromatic heterocycles. The van der Waals surface area contributed by atoms with E-state index in [1.54, 1.807) is 32.2 Å². The van der Waals surface area contributed by atoms with Gasteiger partial charge >= 0.3 is 6.36 Å². The van der Waals surface area contributed by atoms with Gasteiger partial charge in [-0.15, -0.1) is 13.2 Å². The molecule has 3 aromatic rings. The van der Waals surface area contributed by atoms with Crippen LogP contribution in [0.25, 0.3) is 0 Å². The second kappa shape index (κ2) is 10.6. The first-order chi connectivity index (χ1) is 16.0. The van der Waals surface area contributed by atoms with Crippen molar-refractivity contribution in [3.05, 3.63) is 60.3 Å². The third-order valence-electron chi connectivity index (χ3n) is 4.28. The van der Waals surface area contributed by atoms with E-state index in [0.29, 0.717) is 17.5 Å². The second-order valence-corrected chi connectivity index (χ2v) is 8.68. The minimum absolute atomic E-state index is 0.0122. The first-order valence-electron chi connectivity index (χ1n) is 9.90. The van der Waals surface area contributed by atoms with Crippen molar-refractivity contribution < 1.29 is 31.1 Å². The Morgan fingerprint density at radius 1 is 0.941 bits per heavy atom. The molecule has 0 saturated heterocycles. The lowest BCUT2D eigenvalue weighted by molar-refractivity contribution is -0.274. The number of aryl methyl sites for hydroxylation is 1. The van der Waals surface area contributed by atoms with Gasteiger partial charge in [0.1, 0.15) is 17.3 Å². The predicted molar refractivity (Wildman–Crippen MR) is 120 cm³/mol. The Morgan fingerprint density at radius 3 is 2.21 bits per heavy atom. The minimum atomic E-state index is -4.85. The lowest BCUT2D eigenvalue weighted by Gasteiger charge is -2.12. The molecule has 0 spiro atoms. The summed E-state index contributed by atoms with van der Waals surface area (Å²) >= 11 is 0. The Morgan fingerprint density at radius 2 is 1.59 bits per heavy atom. The second-order valence-electron chi connectivity index (χ2n) is 6.92. The molecule has 0 amide bonds. The van der Waals surface area contributed by atoms with Crippen LogP contribution in [0.15, 0.2) is 59.5 Å². The van der Waals surface area contributed by atoms with E-state index < -0.39 is 22.1 Å².